The normalized spacial score (nSPS) is 22.5. The number of nitrogens with zero attached hydrogens (tertiary/aromatic N) is 2. The van der Waals surface area contributed by atoms with Crippen LogP contribution >= 0.6 is 0 Å². The van der Waals surface area contributed by atoms with E-state index in [1.165, 1.54) is 12.8 Å². The molecule has 2 heterocycles. The summed E-state index contributed by atoms with van der Waals surface area (Å²) in [5.74, 6) is 1.85. The molecule has 26 heavy (non-hydrogen) atoms. The number of urea groups is 1. The van der Waals surface area contributed by atoms with Gasteiger partial charge in [-0.2, -0.15) is 0 Å². The zero-order valence-electron chi connectivity index (χ0n) is 15.2. The van der Waals surface area contributed by atoms with Crippen molar-refractivity contribution in [1.29, 1.82) is 0 Å². The predicted molar refractivity (Wildman–Crippen MR) is 94.9 cm³/mol. The standard InChI is InChI=1S/C19H23N3O4/c1-21-14-10-22(9-11-4-5-11)18(23)16(14)17(20-19(21)24)13-8-12(25-2)6-7-15(13)26-3/h6-8,11,17H,4-5,9-10H2,1-3H3,(H,20,24)/t17-/m1/s1. The number of benzene rings is 1. The Kier molecular flexibility index (Phi) is 4.01. The highest BCUT2D eigenvalue weighted by molar-refractivity contribution is 6.01. The maximum Gasteiger partial charge on any atom is 0.322 e. The van der Waals surface area contributed by atoms with E-state index >= 15 is 0 Å². The monoisotopic (exact) mass is 357 g/mol. The van der Waals surface area contributed by atoms with Crippen LogP contribution in [0.1, 0.15) is 24.4 Å². The summed E-state index contributed by atoms with van der Waals surface area (Å²) in [4.78, 5) is 29.0. The van der Waals surface area contributed by atoms with Gasteiger partial charge < -0.3 is 19.7 Å². The average molecular weight is 357 g/mol. The van der Waals surface area contributed by atoms with Crippen molar-refractivity contribution in [3.8, 4) is 11.5 Å². The molecule has 0 spiro atoms. The molecule has 3 amide bonds. The number of amides is 3. The van der Waals surface area contributed by atoms with Gasteiger partial charge in [0.15, 0.2) is 0 Å². The number of likely N-dealkylation sites (N-methyl/N-ethyl adjacent to an activating group) is 1. The number of carbonyl (C=O) groups is 2. The number of hydrogen-bond acceptors (Lipinski definition) is 4. The lowest BCUT2D eigenvalue weighted by Crippen LogP contribution is -2.45. The molecule has 7 heteroatoms. The summed E-state index contributed by atoms with van der Waals surface area (Å²) in [6.45, 7) is 1.24. The van der Waals surface area contributed by atoms with Crippen LogP contribution in [0.4, 0.5) is 4.79 Å². The number of methoxy groups -OCH3 is 2. The van der Waals surface area contributed by atoms with E-state index in [-0.39, 0.29) is 11.9 Å². The summed E-state index contributed by atoms with van der Waals surface area (Å²) in [6, 6.07) is 4.64. The molecular formula is C19H23N3O4. The highest BCUT2D eigenvalue weighted by atomic mass is 16.5. The summed E-state index contributed by atoms with van der Waals surface area (Å²) in [5.41, 5.74) is 2.12. The number of rotatable bonds is 5. The maximum absolute atomic E-state index is 13.1. The minimum absolute atomic E-state index is 0.00590. The Morgan fingerprint density at radius 2 is 1.96 bits per heavy atom. The van der Waals surface area contributed by atoms with Crippen LogP contribution in [0, 0.1) is 5.92 Å². The second-order valence-corrected chi connectivity index (χ2v) is 7.04. The molecule has 1 atom stereocenters. The molecule has 0 radical (unpaired) electrons. The van der Waals surface area contributed by atoms with Gasteiger partial charge in [-0.25, -0.2) is 4.79 Å². The molecule has 1 saturated carbocycles. The Balaban J connectivity index is 1.76. The van der Waals surface area contributed by atoms with Crippen LogP contribution in [0.2, 0.25) is 0 Å². The lowest BCUT2D eigenvalue weighted by atomic mass is 9.94. The van der Waals surface area contributed by atoms with Crippen molar-refractivity contribution in [3.05, 3.63) is 35.0 Å². The first-order chi connectivity index (χ1) is 12.5. The fourth-order valence-corrected chi connectivity index (χ4v) is 3.68. The van der Waals surface area contributed by atoms with E-state index in [1.54, 1.807) is 38.3 Å². The van der Waals surface area contributed by atoms with Gasteiger partial charge >= 0.3 is 6.03 Å². The lowest BCUT2D eigenvalue weighted by molar-refractivity contribution is -0.126. The third kappa shape index (κ3) is 2.67. The number of nitrogens with one attached hydrogen (secondary N) is 1. The van der Waals surface area contributed by atoms with E-state index < -0.39 is 6.04 Å². The van der Waals surface area contributed by atoms with E-state index in [2.05, 4.69) is 5.32 Å². The highest BCUT2D eigenvalue weighted by Gasteiger charge is 2.44. The molecule has 7 nitrogen and oxygen atoms in total. The Hall–Kier alpha value is -2.70. The molecule has 3 aliphatic rings. The summed E-state index contributed by atoms with van der Waals surface area (Å²) in [6.07, 6.45) is 2.35. The van der Waals surface area contributed by atoms with Crippen LogP contribution in [0.25, 0.3) is 0 Å². The molecule has 1 aromatic carbocycles. The largest absolute Gasteiger partial charge is 0.497 e. The SMILES string of the molecule is COc1ccc(OC)c([C@H]2NC(=O)N(C)C3=C2C(=O)N(CC2CC2)C3)c1. The molecule has 1 aromatic rings. The predicted octanol–water partition coefficient (Wildman–Crippen LogP) is 1.91. The smallest absolute Gasteiger partial charge is 0.322 e. The molecule has 0 bridgehead atoms. The summed E-state index contributed by atoms with van der Waals surface area (Å²) >= 11 is 0. The van der Waals surface area contributed by atoms with E-state index in [9.17, 15) is 9.59 Å². The van der Waals surface area contributed by atoms with Gasteiger partial charge in [0.2, 0.25) is 0 Å². The molecular weight excluding hydrogens is 334 g/mol. The van der Waals surface area contributed by atoms with Gasteiger partial charge in [-0.3, -0.25) is 9.69 Å². The first kappa shape index (κ1) is 16.8. The van der Waals surface area contributed by atoms with Gasteiger partial charge in [0, 0.05) is 19.2 Å². The molecule has 138 valence electrons. The van der Waals surface area contributed by atoms with Crippen molar-refractivity contribution < 1.29 is 19.1 Å². The molecule has 0 aromatic heterocycles. The van der Waals surface area contributed by atoms with Crippen molar-refractivity contribution in [1.82, 2.24) is 15.1 Å². The Morgan fingerprint density at radius 1 is 1.19 bits per heavy atom. The van der Waals surface area contributed by atoms with Crippen molar-refractivity contribution in [2.24, 2.45) is 5.92 Å². The van der Waals surface area contributed by atoms with Gasteiger partial charge in [-0.15, -0.1) is 0 Å². The third-order valence-corrected chi connectivity index (χ3v) is 5.36. The second-order valence-electron chi connectivity index (χ2n) is 7.04. The van der Waals surface area contributed by atoms with Gasteiger partial charge in [-0.1, -0.05) is 0 Å². The molecule has 4 rings (SSSR count). The summed E-state index contributed by atoms with van der Waals surface area (Å²) in [5, 5.41) is 2.95. The second kappa shape index (κ2) is 6.23. The zero-order valence-corrected chi connectivity index (χ0v) is 15.2. The first-order valence-corrected chi connectivity index (χ1v) is 8.82. The number of hydrogen-bond donors (Lipinski definition) is 1. The van der Waals surface area contributed by atoms with Crippen LogP contribution in [0.15, 0.2) is 29.5 Å². The number of ether oxygens (including phenoxy) is 2. The van der Waals surface area contributed by atoms with Crippen LogP contribution in [-0.4, -0.2) is 56.1 Å². The van der Waals surface area contributed by atoms with Gasteiger partial charge in [0.25, 0.3) is 5.91 Å². The quantitative estimate of drug-likeness (QED) is 0.874. The topological polar surface area (TPSA) is 71.1 Å². The Labute approximate surface area is 152 Å². The Morgan fingerprint density at radius 3 is 2.62 bits per heavy atom. The van der Waals surface area contributed by atoms with E-state index in [1.807, 2.05) is 11.0 Å². The fourth-order valence-electron chi connectivity index (χ4n) is 3.68. The van der Waals surface area contributed by atoms with Gasteiger partial charge in [0.1, 0.15) is 11.5 Å². The molecule has 1 aliphatic carbocycles. The minimum Gasteiger partial charge on any atom is -0.497 e. The molecule has 1 fully saturated rings. The fraction of sp³-hybridized carbons (Fsp3) is 0.474. The average Bonchev–Trinajstić information content (AvgIpc) is 3.41. The third-order valence-electron chi connectivity index (χ3n) is 5.36. The number of carbonyl (C=O) groups excluding carboxylic acids is 2. The zero-order chi connectivity index (χ0) is 18.4. The highest BCUT2D eigenvalue weighted by Crippen LogP contribution is 2.41. The lowest BCUT2D eigenvalue weighted by Gasteiger charge is -2.31. The van der Waals surface area contributed by atoms with E-state index in [0.29, 0.717) is 29.5 Å². The molecule has 2 aliphatic heterocycles. The van der Waals surface area contributed by atoms with Gasteiger partial charge in [-0.05, 0) is 37.0 Å². The van der Waals surface area contributed by atoms with Crippen LogP contribution in [-0.2, 0) is 4.79 Å². The van der Waals surface area contributed by atoms with Gasteiger partial charge in [0.05, 0.1) is 38.1 Å². The maximum atomic E-state index is 13.1. The summed E-state index contributed by atoms with van der Waals surface area (Å²) in [7, 11) is 4.87. The van der Waals surface area contributed by atoms with Crippen LogP contribution < -0.4 is 14.8 Å². The Bertz CT molecular complexity index is 800. The minimum atomic E-state index is -0.546. The molecule has 0 unspecified atom stereocenters. The van der Waals surface area contributed by atoms with Crippen molar-refractivity contribution in [2.45, 2.75) is 18.9 Å². The van der Waals surface area contributed by atoms with Crippen LogP contribution in [0.3, 0.4) is 0 Å². The summed E-state index contributed by atoms with van der Waals surface area (Å²) < 4.78 is 10.8. The van der Waals surface area contributed by atoms with E-state index in [4.69, 9.17) is 9.47 Å². The first-order valence-electron chi connectivity index (χ1n) is 8.82. The van der Waals surface area contributed by atoms with E-state index in [0.717, 1.165) is 17.8 Å². The molecule has 0 saturated heterocycles. The van der Waals surface area contributed by atoms with Crippen molar-refractivity contribution >= 4 is 11.9 Å². The van der Waals surface area contributed by atoms with Crippen LogP contribution in [0.5, 0.6) is 11.5 Å². The van der Waals surface area contributed by atoms with Crippen molar-refractivity contribution in [2.75, 3.05) is 34.4 Å². The molecule has 1 N–H and O–H groups in total. The van der Waals surface area contributed by atoms with Crippen molar-refractivity contribution in [3.63, 3.8) is 0 Å².